The average Bonchev–Trinajstić information content (AvgIpc) is 3.24. The molecule has 0 saturated heterocycles. The largest absolute Gasteiger partial charge is 0.488 e. The van der Waals surface area contributed by atoms with Crippen molar-refractivity contribution in [2.45, 2.75) is 26.4 Å². The maximum Gasteiger partial charge on any atom is 0.129 e. The Kier molecular flexibility index (Phi) is 5.98. The normalized spacial score (nSPS) is 11.0. The molecular formula is C25H22ClNOS. The maximum absolute atomic E-state index is 6.16. The lowest BCUT2D eigenvalue weighted by Gasteiger charge is -2.11. The van der Waals surface area contributed by atoms with E-state index < -0.39 is 0 Å². The quantitative estimate of drug-likeness (QED) is 0.317. The molecular weight excluding hydrogens is 398 g/mol. The van der Waals surface area contributed by atoms with Crippen LogP contribution in [-0.4, -0.2) is 4.98 Å². The van der Waals surface area contributed by atoms with E-state index in [0.29, 0.717) is 12.5 Å². The molecule has 0 spiro atoms. The third-order valence-electron chi connectivity index (χ3n) is 4.70. The standard InChI is InChI=1S/C25H22ClNOS/c1-17(2)25-27-23(16-29-25)22-5-3-4-6-24(22)28-15-18-7-9-19(10-8-18)20-11-13-21(26)14-12-20/h3-14,16-17H,15H2,1-2H3. The van der Waals surface area contributed by atoms with Gasteiger partial charge in [-0.1, -0.05) is 74.0 Å². The van der Waals surface area contributed by atoms with Crippen LogP contribution in [0.2, 0.25) is 5.02 Å². The molecule has 4 rings (SSSR count). The molecule has 1 heterocycles. The highest BCUT2D eigenvalue weighted by molar-refractivity contribution is 7.10. The number of nitrogens with zero attached hydrogens (tertiary/aromatic N) is 1. The number of hydrogen-bond acceptors (Lipinski definition) is 3. The lowest BCUT2D eigenvalue weighted by Crippen LogP contribution is -1.97. The molecule has 0 saturated carbocycles. The number of thiazole rings is 1. The van der Waals surface area contributed by atoms with E-state index in [-0.39, 0.29) is 0 Å². The van der Waals surface area contributed by atoms with E-state index in [9.17, 15) is 0 Å². The number of benzene rings is 3. The van der Waals surface area contributed by atoms with Crippen LogP contribution in [-0.2, 0) is 6.61 Å². The van der Waals surface area contributed by atoms with E-state index in [1.807, 2.05) is 42.5 Å². The Labute approximate surface area is 180 Å². The molecule has 0 atom stereocenters. The smallest absolute Gasteiger partial charge is 0.129 e. The zero-order valence-electron chi connectivity index (χ0n) is 16.4. The fourth-order valence-corrected chi connectivity index (χ4v) is 4.04. The van der Waals surface area contributed by atoms with Crippen LogP contribution in [0.25, 0.3) is 22.4 Å². The molecule has 1 aromatic heterocycles. The molecule has 0 unspecified atom stereocenters. The van der Waals surface area contributed by atoms with Crippen molar-refractivity contribution in [3.05, 3.63) is 93.8 Å². The van der Waals surface area contributed by atoms with E-state index in [1.54, 1.807) is 11.3 Å². The van der Waals surface area contributed by atoms with Crippen LogP contribution in [0.1, 0.15) is 30.3 Å². The monoisotopic (exact) mass is 419 g/mol. The Hall–Kier alpha value is -2.62. The van der Waals surface area contributed by atoms with Crippen molar-refractivity contribution in [2.24, 2.45) is 0 Å². The second-order valence-electron chi connectivity index (χ2n) is 7.21. The van der Waals surface area contributed by atoms with Crippen LogP contribution in [0.3, 0.4) is 0 Å². The van der Waals surface area contributed by atoms with Crippen molar-refractivity contribution in [2.75, 3.05) is 0 Å². The molecule has 3 aromatic carbocycles. The van der Waals surface area contributed by atoms with Gasteiger partial charge in [0.1, 0.15) is 12.4 Å². The van der Waals surface area contributed by atoms with Crippen molar-refractivity contribution in [3.8, 4) is 28.1 Å². The summed E-state index contributed by atoms with van der Waals surface area (Å²) >= 11 is 7.68. The van der Waals surface area contributed by atoms with Crippen LogP contribution in [0.5, 0.6) is 5.75 Å². The predicted octanol–water partition coefficient (Wildman–Crippen LogP) is 7.83. The summed E-state index contributed by atoms with van der Waals surface area (Å²) in [5, 5.41) is 4.00. The molecule has 0 fully saturated rings. The number of aromatic nitrogens is 1. The minimum atomic E-state index is 0.431. The van der Waals surface area contributed by atoms with Crippen molar-refractivity contribution in [1.82, 2.24) is 4.98 Å². The Morgan fingerprint density at radius 2 is 1.55 bits per heavy atom. The minimum Gasteiger partial charge on any atom is -0.488 e. The number of halogens is 1. The van der Waals surface area contributed by atoms with Gasteiger partial charge in [-0.15, -0.1) is 11.3 Å². The second-order valence-corrected chi connectivity index (χ2v) is 8.54. The first-order valence-corrected chi connectivity index (χ1v) is 10.9. The zero-order chi connectivity index (χ0) is 20.2. The highest BCUT2D eigenvalue weighted by Gasteiger charge is 2.12. The van der Waals surface area contributed by atoms with Crippen LogP contribution in [0.4, 0.5) is 0 Å². The first-order valence-electron chi connectivity index (χ1n) is 9.62. The number of ether oxygens (including phenoxy) is 1. The molecule has 4 aromatic rings. The van der Waals surface area contributed by atoms with Gasteiger partial charge >= 0.3 is 0 Å². The van der Waals surface area contributed by atoms with Gasteiger partial charge < -0.3 is 4.74 Å². The number of rotatable bonds is 6. The summed E-state index contributed by atoms with van der Waals surface area (Å²) < 4.78 is 6.16. The summed E-state index contributed by atoms with van der Waals surface area (Å²) in [7, 11) is 0. The number of para-hydroxylation sites is 1. The Morgan fingerprint density at radius 1 is 0.897 bits per heavy atom. The molecule has 0 radical (unpaired) electrons. The topological polar surface area (TPSA) is 22.1 Å². The summed E-state index contributed by atoms with van der Waals surface area (Å²) in [5.41, 5.74) is 5.45. The highest BCUT2D eigenvalue weighted by atomic mass is 35.5. The maximum atomic E-state index is 6.16. The lowest BCUT2D eigenvalue weighted by molar-refractivity contribution is 0.307. The van der Waals surface area contributed by atoms with E-state index in [2.05, 4.69) is 49.6 Å². The third kappa shape index (κ3) is 4.69. The fraction of sp³-hybridized carbons (Fsp3) is 0.160. The van der Waals surface area contributed by atoms with Crippen molar-refractivity contribution >= 4 is 22.9 Å². The SMILES string of the molecule is CC(C)c1nc(-c2ccccc2OCc2ccc(-c3ccc(Cl)cc3)cc2)cs1. The molecule has 2 nitrogen and oxygen atoms in total. The van der Waals surface area contributed by atoms with Crippen LogP contribution in [0, 0.1) is 0 Å². The molecule has 0 aliphatic carbocycles. The molecule has 29 heavy (non-hydrogen) atoms. The van der Waals surface area contributed by atoms with Crippen LogP contribution in [0.15, 0.2) is 78.2 Å². The Bertz CT molecular complexity index is 1080. The van der Waals surface area contributed by atoms with Crippen LogP contribution < -0.4 is 4.74 Å². The Morgan fingerprint density at radius 3 is 2.21 bits per heavy atom. The van der Waals surface area contributed by atoms with Gasteiger partial charge in [0, 0.05) is 21.9 Å². The summed E-state index contributed by atoms with van der Waals surface area (Å²) in [4.78, 5) is 4.78. The van der Waals surface area contributed by atoms with Crippen LogP contribution >= 0.6 is 22.9 Å². The molecule has 0 bridgehead atoms. The molecule has 4 heteroatoms. The van der Waals surface area contributed by atoms with E-state index >= 15 is 0 Å². The van der Waals surface area contributed by atoms with Gasteiger partial charge in [-0.2, -0.15) is 0 Å². The van der Waals surface area contributed by atoms with E-state index in [0.717, 1.165) is 43.7 Å². The molecule has 0 amide bonds. The summed E-state index contributed by atoms with van der Waals surface area (Å²) in [6.07, 6.45) is 0. The summed E-state index contributed by atoms with van der Waals surface area (Å²) in [6, 6.07) is 24.4. The molecule has 146 valence electrons. The molecule has 0 N–H and O–H groups in total. The Balaban J connectivity index is 1.48. The minimum absolute atomic E-state index is 0.431. The van der Waals surface area contributed by atoms with Gasteiger partial charge in [0.15, 0.2) is 0 Å². The van der Waals surface area contributed by atoms with Crippen molar-refractivity contribution in [1.29, 1.82) is 0 Å². The van der Waals surface area contributed by atoms with Gasteiger partial charge in [0.05, 0.1) is 10.7 Å². The first kappa shape index (κ1) is 19.7. The van der Waals surface area contributed by atoms with Gasteiger partial charge in [-0.25, -0.2) is 4.98 Å². The number of hydrogen-bond donors (Lipinski definition) is 0. The summed E-state index contributed by atoms with van der Waals surface area (Å²) in [6.45, 7) is 4.84. The molecule has 0 aliphatic rings. The third-order valence-corrected chi connectivity index (χ3v) is 6.10. The molecule has 0 aliphatic heterocycles. The van der Waals surface area contributed by atoms with Crippen molar-refractivity contribution in [3.63, 3.8) is 0 Å². The van der Waals surface area contributed by atoms with E-state index in [1.165, 1.54) is 0 Å². The zero-order valence-corrected chi connectivity index (χ0v) is 18.0. The van der Waals surface area contributed by atoms with Gasteiger partial charge in [0.25, 0.3) is 0 Å². The highest BCUT2D eigenvalue weighted by Crippen LogP contribution is 2.33. The van der Waals surface area contributed by atoms with Gasteiger partial charge in [-0.3, -0.25) is 0 Å². The fourth-order valence-electron chi connectivity index (χ4n) is 3.08. The van der Waals surface area contributed by atoms with Gasteiger partial charge in [0.2, 0.25) is 0 Å². The average molecular weight is 420 g/mol. The summed E-state index contributed by atoms with van der Waals surface area (Å²) in [5.74, 6) is 1.29. The second kappa shape index (κ2) is 8.81. The lowest BCUT2D eigenvalue weighted by atomic mass is 10.0. The van der Waals surface area contributed by atoms with E-state index in [4.69, 9.17) is 21.3 Å². The predicted molar refractivity (Wildman–Crippen MR) is 123 cm³/mol. The van der Waals surface area contributed by atoms with Gasteiger partial charge in [-0.05, 0) is 41.0 Å². The van der Waals surface area contributed by atoms with Crippen molar-refractivity contribution < 1.29 is 4.74 Å². The first-order chi connectivity index (χ1) is 14.1.